The van der Waals surface area contributed by atoms with Crippen molar-refractivity contribution in [3.05, 3.63) is 76.9 Å². The van der Waals surface area contributed by atoms with Gasteiger partial charge in [0.25, 0.3) is 0 Å². The molecule has 2 aliphatic rings. The smallest absolute Gasteiger partial charge is 0.226 e. The average molecular weight is 530 g/mol. The number of furan rings is 1. The lowest BCUT2D eigenvalue weighted by atomic mass is 9.98. The third kappa shape index (κ3) is 6.44. The Morgan fingerprint density at radius 1 is 0.923 bits per heavy atom. The maximum absolute atomic E-state index is 13.5. The zero-order valence-electron chi connectivity index (χ0n) is 23.3. The van der Waals surface area contributed by atoms with Crippen molar-refractivity contribution < 1.29 is 14.0 Å². The zero-order chi connectivity index (χ0) is 27.4. The quantitative estimate of drug-likeness (QED) is 0.489. The van der Waals surface area contributed by atoms with E-state index in [1.165, 1.54) is 30.5 Å². The van der Waals surface area contributed by atoms with Crippen LogP contribution in [-0.4, -0.2) is 61.0 Å². The molecule has 39 heavy (non-hydrogen) atoms. The standard InChI is InChI=1S/C31H39N5O3/c1-22-10-12-26(27(20-22)35-14-5-4-6-15-35)31(28-13-11-23(2)39-28)33-30(38)21-25-8-7-9-29(32-25)36-18-16-34(17-19-36)24(3)37/h7-13,20,31H,4-6,14-19,21H2,1-3H3,(H,33,38). The fourth-order valence-corrected chi connectivity index (χ4v) is 5.59. The van der Waals surface area contributed by atoms with Gasteiger partial charge in [0.15, 0.2) is 0 Å². The number of piperazine rings is 1. The number of aromatic nitrogens is 1. The Balaban J connectivity index is 1.35. The number of piperidine rings is 1. The van der Waals surface area contributed by atoms with Gasteiger partial charge in [-0.2, -0.15) is 0 Å². The van der Waals surface area contributed by atoms with Crippen LogP contribution in [0.3, 0.4) is 0 Å². The number of aryl methyl sites for hydroxylation is 2. The van der Waals surface area contributed by atoms with Gasteiger partial charge in [-0.05, 0) is 69.0 Å². The second-order valence-electron chi connectivity index (χ2n) is 10.7. The number of hydrogen-bond donors (Lipinski definition) is 1. The van der Waals surface area contributed by atoms with E-state index < -0.39 is 6.04 Å². The minimum atomic E-state index is -0.397. The molecule has 0 bridgehead atoms. The molecule has 0 aliphatic carbocycles. The number of benzene rings is 1. The molecule has 1 unspecified atom stereocenters. The van der Waals surface area contributed by atoms with E-state index in [1.807, 2.05) is 42.2 Å². The monoisotopic (exact) mass is 529 g/mol. The van der Waals surface area contributed by atoms with Crippen molar-refractivity contribution in [1.29, 1.82) is 0 Å². The number of pyridine rings is 1. The van der Waals surface area contributed by atoms with E-state index in [4.69, 9.17) is 9.40 Å². The molecule has 4 heterocycles. The highest BCUT2D eigenvalue weighted by Crippen LogP contribution is 2.34. The summed E-state index contributed by atoms with van der Waals surface area (Å²) in [7, 11) is 0. The van der Waals surface area contributed by atoms with Gasteiger partial charge in [0.05, 0.1) is 12.1 Å². The van der Waals surface area contributed by atoms with E-state index >= 15 is 0 Å². The largest absolute Gasteiger partial charge is 0.464 e. The van der Waals surface area contributed by atoms with Crippen molar-refractivity contribution >= 4 is 23.3 Å². The summed E-state index contributed by atoms with van der Waals surface area (Å²) in [6.07, 6.45) is 3.78. The second-order valence-corrected chi connectivity index (χ2v) is 10.7. The molecule has 206 valence electrons. The van der Waals surface area contributed by atoms with Crippen LogP contribution in [0.1, 0.15) is 60.6 Å². The van der Waals surface area contributed by atoms with Crippen LogP contribution in [0.4, 0.5) is 11.5 Å². The molecule has 8 nitrogen and oxygen atoms in total. The van der Waals surface area contributed by atoms with Crippen LogP contribution in [0, 0.1) is 13.8 Å². The van der Waals surface area contributed by atoms with E-state index in [0.29, 0.717) is 18.8 Å². The molecule has 2 fully saturated rings. The lowest BCUT2D eigenvalue weighted by Gasteiger charge is -2.35. The minimum Gasteiger partial charge on any atom is -0.464 e. The molecule has 1 atom stereocenters. The van der Waals surface area contributed by atoms with Crippen molar-refractivity contribution in [2.45, 2.75) is 52.5 Å². The van der Waals surface area contributed by atoms with Gasteiger partial charge < -0.3 is 24.4 Å². The number of hydrogen-bond acceptors (Lipinski definition) is 6. The number of rotatable bonds is 7. The van der Waals surface area contributed by atoms with Crippen LogP contribution in [0.15, 0.2) is 52.9 Å². The molecular weight excluding hydrogens is 490 g/mol. The first-order chi connectivity index (χ1) is 18.9. The highest BCUT2D eigenvalue weighted by atomic mass is 16.3. The fourth-order valence-electron chi connectivity index (χ4n) is 5.59. The van der Waals surface area contributed by atoms with Crippen LogP contribution in [0.5, 0.6) is 0 Å². The summed E-state index contributed by atoms with van der Waals surface area (Å²) in [5.41, 5.74) is 4.13. The van der Waals surface area contributed by atoms with Gasteiger partial charge >= 0.3 is 0 Å². The van der Waals surface area contributed by atoms with Gasteiger partial charge in [-0.15, -0.1) is 0 Å². The third-order valence-electron chi connectivity index (χ3n) is 7.73. The molecule has 1 N–H and O–H groups in total. The maximum atomic E-state index is 13.5. The van der Waals surface area contributed by atoms with E-state index in [-0.39, 0.29) is 18.2 Å². The predicted octanol–water partition coefficient (Wildman–Crippen LogP) is 4.40. The van der Waals surface area contributed by atoms with Crippen LogP contribution in [0.25, 0.3) is 0 Å². The highest BCUT2D eigenvalue weighted by Gasteiger charge is 2.26. The molecule has 2 aliphatic heterocycles. The first-order valence-corrected chi connectivity index (χ1v) is 14.0. The number of carbonyl (C=O) groups excluding carboxylic acids is 2. The van der Waals surface area contributed by atoms with Gasteiger partial charge in [-0.1, -0.05) is 18.2 Å². The molecule has 8 heteroatoms. The van der Waals surface area contributed by atoms with E-state index in [1.54, 1.807) is 6.92 Å². The SMILES string of the molecule is CC(=O)N1CCN(c2cccc(CC(=O)NC(c3ccc(C)o3)c3ccc(C)cc3N3CCCCC3)n2)CC1. The maximum Gasteiger partial charge on any atom is 0.226 e. The summed E-state index contributed by atoms with van der Waals surface area (Å²) >= 11 is 0. The Bertz CT molecular complexity index is 1310. The molecule has 0 saturated carbocycles. The van der Waals surface area contributed by atoms with Crippen LogP contribution in [0.2, 0.25) is 0 Å². The second kappa shape index (κ2) is 11.9. The highest BCUT2D eigenvalue weighted by molar-refractivity contribution is 5.79. The summed E-state index contributed by atoms with van der Waals surface area (Å²) in [6.45, 7) is 10.5. The Morgan fingerprint density at radius 3 is 2.38 bits per heavy atom. The van der Waals surface area contributed by atoms with Gasteiger partial charge in [0.1, 0.15) is 23.4 Å². The summed E-state index contributed by atoms with van der Waals surface area (Å²) in [4.78, 5) is 36.4. The molecule has 0 spiro atoms. The van der Waals surface area contributed by atoms with E-state index in [9.17, 15) is 9.59 Å². The number of carbonyl (C=O) groups is 2. The Morgan fingerprint density at radius 2 is 1.69 bits per heavy atom. The Hall–Kier alpha value is -3.81. The number of nitrogens with one attached hydrogen (secondary N) is 1. The molecular formula is C31H39N5O3. The van der Waals surface area contributed by atoms with Gasteiger partial charge in [0.2, 0.25) is 11.8 Å². The van der Waals surface area contributed by atoms with Gasteiger partial charge in [0, 0.05) is 57.4 Å². The Kier molecular flexibility index (Phi) is 8.19. The summed E-state index contributed by atoms with van der Waals surface area (Å²) in [6, 6.07) is 15.8. The topological polar surface area (TPSA) is 81.9 Å². The molecule has 2 amide bonds. The van der Waals surface area contributed by atoms with Crippen LogP contribution in [-0.2, 0) is 16.0 Å². The zero-order valence-corrected chi connectivity index (χ0v) is 23.3. The molecule has 2 saturated heterocycles. The molecule has 2 aromatic heterocycles. The van der Waals surface area contributed by atoms with Crippen molar-refractivity contribution in [2.24, 2.45) is 0 Å². The first kappa shape index (κ1) is 26.8. The Labute approximate surface area is 231 Å². The lowest BCUT2D eigenvalue weighted by Crippen LogP contribution is -2.48. The lowest BCUT2D eigenvalue weighted by molar-refractivity contribution is -0.129. The van der Waals surface area contributed by atoms with Crippen molar-refractivity contribution in [3.8, 4) is 0 Å². The van der Waals surface area contributed by atoms with Crippen molar-refractivity contribution in [3.63, 3.8) is 0 Å². The van der Waals surface area contributed by atoms with Crippen LogP contribution < -0.4 is 15.1 Å². The number of amides is 2. The first-order valence-electron chi connectivity index (χ1n) is 14.0. The predicted molar refractivity (Wildman–Crippen MR) is 153 cm³/mol. The number of anilines is 2. The van der Waals surface area contributed by atoms with Crippen molar-refractivity contribution in [2.75, 3.05) is 49.1 Å². The van der Waals surface area contributed by atoms with E-state index in [0.717, 1.165) is 49.1 Å². The molecule has 3 aromatic rings. The normalized spacial score (nSPS) is 16.7. The van der Waals surface area contributed by atoms with Gasteiger partial charge in [-0.3, -0.25) is 9.59 Å². The summed E-state index contributed by atoms with van der Waals surface area (Å²) < 4.78 is 6.06. The summed E-state index contributed by atoms with van der Waals surface area (Å²) in [5.74, 6) is 2.38. The average Bonchev–Trinajstić information content (AvgIpc) is 3.38. The minimum absolute atomic E-state index is 0.103. The molecule has 5 rings (SSSR count). The molecule has 0 radical (unpaired) electrons. The van der Waals surface area contributed by atoms with Gasteiger partial charge in [-0.25, -0.2) is 4.98 Å². The third-order valence-corrected chi connectivity index (χ3v) is 7.73. The van der Waals surface area contributed by atoms with Crippen LogP contribution >= 0.6 is 0 Å². The summed E-state index contributed by atoms with van der Waals surface area (Å²) in [5, 5.41) is 3.27. The number of nitrogens with zero attached hydrogens (tertiary/aromatic N) is 4. The van der Waals surface area contributed by atoms with Crippen molar-refractivity contribution in [1.82, 2.24) is 15.2 Å². The fraction of sp³-hybridized carbons (Fsp3) is 0.452. The van der Waals surface area contributed by atoms with E-state index in [2.05, 4.69) is 40.2 Å². The molecule has 1 aromatic carbocycles.